The molecule has 0 radical (unpaired) electrons. The second kappa shape index (κ2) is 6.02. The highest BCUT2D eigenvalue weighted by molar-refractivity contribution is 5.56. The number of aryl methyl sites for hydroxylation is 1. The van der Waals surface area contributed by atoms with E-state index in [2.05, 4.69) is 27.7 Å². The summed E-state index contributed by atoms with van der Waals surface area (Å²) >= 11 is 0. The molecule has 1 heterocycles. The molecule has 1 aromatic carbocycles. The lowest BCUT2D eigenvalue weighted by Crippen LogP contribution is -2.11. The average molecular weight is 277 g/mol. The maximum atomic E-state index is 9.28. The van der Waals surface area contributed by atoms with Gasteiger partial charge in [0.25, 0.3) is 0 Å². The molecule has 104 valence electrons. The van der Waals surface area contributed by atoms with E-state index in [1.54, 1.807) is 12.1 Å². The van der Waals surface area contributed by atoms with Gasteiger partial charge in [0.05, 0.1) is 23.4 Å². The molecule has 0 aliphatic carbocycles. The molecule has 0 saturated carbocycles. The minimum atomic E-state index is -0.0405. The number of anilines is 1. The fourth-order valence-electron chi connectivity index (χ4n) is 1.98. The van der Waals surface area contributed by atoms with Crippen molar-refractivity contribution in [3.63, 3.8) is 0 Å². The summed E-state index contributed by atoms with van der Waals surface area (Å²) < 4.78 is 0. The smallest absolute Gasteiger partial charge is 0.167 e. The minimum Gasteiger partial charge on any atom is -0.361 e. The Kier molecular flexibility index (Phi) is 4.15. The van der Waals surface area contributed by atoms with Crippen molar-refractivity contribution in [3.05, 3.63) is 52.2 Å². The lowest BCUT2D eigenvalue weighted by Gasteiger charge is -2.16. The molecule has 0 bridgehead atoms. The largest absolute Gasteiger partial charge is 0.361 e. The van der Waals surface area contributed by atoms with Crippen molar-refractivity contribution in [1.82, 2.24) is 10.2 Å². The molecule has 21 heavy (non-hydrogen) atoms. The van der Waals surface area contributed by atoms with Crippen LogP contribution >= 0.6 is 0 Å². The molecule has 1 N–H and O–H groups in total. The second-order valence-electron chi connectivity index (χ2n) is 4.85. The van der Waals surface area contributed by atoms with Gasteiger partial charge in [-0.25, -0.2) is 0 Å². The van der Waals surface area contributed by atoms with Crippen LogP contribution in [0, 0.1) is 36.5 Å². The third-order valence-corrected chi connectivity index (χ3v) is 3.46. The molecule has 1 aromatic heterocycles. The van der Waals surface area contributed by atoms with Crippen molar-refractivity contribution >= 4 is 5.82 Å². The summed E-state index contributed by atoms with van der Waals surface area (Å²) in [5.41, 5.74) is 3.74. The molecule has 0 spiro atoms. The summed E-state index contributed by atoms with van der Waals surface area (Å²) in [6.45, 7) is 5.66. The van der Waals surface area contributed by atoms with Crippen molar-refractivity contribution in [1.29, 1.82) is 10.5 Å². The highest BCUT2D eigenvalue weighted by atomic mass is 15.2. The van der Waals surface area contributed by atoms with Gasteiger partial charge in [-0.05, 0) is 44.0 Å². The average Bonchev–Trinajstić information content (AvgIpc) is 2.51. The number of nitrogens with zero attached hydrogens (tertiary/aromatic N) is 4. The lowest BCUT2D eigenvalue weighted by molar-refractivity contribution is 0.849. The van der Waals surface area contributed by atoms with Gasteiger partial charge in [-0.2, -0.15) is 15.6 Å². The molecule has 0 aliphatic rings. The fraction of sp³-hybridized carbons (Fsp3) is 0.250. The van der Waals surface area contributed by atoms with Crippen LogP contribution in [-0.4, -0.2) is 10.2 Å². The van der Waals surface area contributed by atoms with E-state index < -0.39 is 0 Å². The zero-order valence-electron chi connectivity index (χ0n) is 12.2. The van der Waals surface area contributed by atoms with Gasteiger partial charge < -0.3 is 5.32 Å². The third-order valence-electron chi connectivity index (χ3n) is 3.46. The first-order valence-electron chi connectivity index (χ1n) is 6.57. The van der Waals surface area contributed by atoms with Gasteiger partial charge in [0.15, 0.2) is 5.82 Å². The maximum absolute atomic E-state index is 9.28. The van der Waals surface area contributed by atoms with E-state index in [1.807, 2.05) is 32.9 Å². The number of aromatic nitrogens is 2. The van der Waals surface area contributed by atoms with Gasteiger partial charge in [-0.15, -0.1) is 5.10 Å². The van der Waals surface area contributed by atoms with Crippen LogP contribution in [0.4, 0.5) is 5.82 Å². The quantitative estimate of drug-likeness (QED) is 0.932. The first kappa shape index (κ1) is 14.5. The van der Waals surface area contributed by atoms with E-state index in [-0.39, 0.29) is 6.04 Å². The summed E-state index contributed by atoms with van der Waals surface area (Å²) in [5, 5.41) is 29.4. The van der Waals surface area contributed by atoms with Crippen LogP contribution in [0.3, 0.4) is 0 Å². The summed E-state index contributed by atoms with van der Waals surface area (Å²) in [4.78, 5) is 0. The zero-order valence-corrected chi connectivity index (χ0v) is 12.2. The van der Waals surface area contributed by atoms with Crippen LogP contribution in [0.15, 0.2) is 24.3 Å². The second-order valence-corrected chi connectivity index (χ2v) is 4.85. The molecule has 2 rings (SSSR count). The van der Waals surface area contributed by atoms with Crippen LogP contribution in [0.25, 0.3) is 0 Å². The van der Waals surface area contributed by atoms with Crippen LogP contribution in [0.5, 0.6) is 0 Å². The molecule has 0 fully saturated rings. The van der Waals surface area contributed by atoms with Gasteiger partial charge in [-0.3, -0.25) is 0 Å². The number of hydrogen-bond donors (Lipinski definition) is 1. The Bertz CT molecular complexity index is 735. The SMILES string of the molecule is Cc1nnc(NC(C)c2ccc(C#N)cc2)c(C#N)c1C. The monoisotopic (exact) mass is 277 g/mol. The first-order valence-corrected chi connectivity index (χ1v) is 6.57. The molecular formula is C16H15N5. The van der Waals surface area contributed by atoms with Crippen LogP contribution in [-0.2, 0) is 0 Å². The molecule has 1 unspecified atom stereocenters. The zero-order chi connectivity index (χ0) is 15.4. The van der Waals surface area contributed by atoms with Gasteiger partial charge in [0.1, 0.15) is 11.6 Å². The Morgan fingerprint density at radius 3 is 2.29 bits per heavy atom. The van der Waals surface area contributed by atoms with Crippen LogP contribution < -0.4 is 5.32 Å². The molecule has 2 aromatic rings. The maximum Gasteiger partial charge on any atom is 0.167 e. The molecule has 1 atom stereocenters. The standard InChI is InChI=1S/C16H15N5/c1-10-11(2)20-21-16(15(10)9-18)19-12(3)14-6-4-13(8-17)5-7-14/h4-7,12H,1-3H3,(H,19,21). The Balaban J connectivity index is 2.27. The summed E-state index contributed by atoms with van der Waals surface area (Å²) in [5.74, 6) is 0.484. The van der Waals surface area contributed by atoms with E-state index in [1.165, 1.54) is 0 Å². The Morgan fingerprint density at radius 2 is 1.71 bits per heavy atom. The predicted octanol–water partition coefficient (Wildman–Crippen LogP) is 3.01. The van der Waals surface area contributed by atoms with E-state index in [4.69, 9.17) is 5.26 Å². The lowest BCUT2D eigenvalue weighted by atomic mass is 10.1. The van der Waals surface area contributed by atoms with Crippen LogP contribution in [0.2, 0.25) is 0 Å². The minimum absolute atomic E-state index is 0.0405. The summed E-state index contributed by atoms with van der Waals surface area (Å²) in [6, 6.07) is 11.5. The van der Waals surface area contributed by atoms with Crippen molar-refractivity contribution in [2.24, 2.45) is 0 Å². The van der Waals surface area contributed by atoms with E-state index in [0.717, 1.165) is 16.8 Å². The van der Waals surface area contributed by atoms with Gasteiger partial charge in [0, 0.05) is 0 Å². The number of hydrogen-bond acceptors (Lipinski definition) is 5. The number of rotatable bonds is 3. The fourth-order valence-corrected chi connectivity index (χ4v) is 1.98. The van der Waals surface area contributed by atoms with Gasteiger partial charge in [-0.1, -0.05) is 12.1 Å². The van der Waals surface area contributed by atoms with Crippen LogP contribution in [0.1, 0.15) is 40.9 Å². The Hall–Kier alpha value is -2.92. The normalized spacial score (nSPS) is 11.3. The molecule has 0 amide bonds. The molecule has 5 nitrogen and oxygen atoms in total. The highest BCUT2D eigenvalue weighted by Crippen LogP contribution is 2.23. The number of benzene rings is 1. The van der Waals surface area contributed by atoms with Gasteiger partial charge in [0.2, 0.25) is 0 Å². The third kappa shape index (κ3) is 2.98. The predicted molar refractivity (Wildman–Crippen MR) is 79.4 cm³/mol. The summed E-state index contributed by atoms with van der Waals surface area (Å²) in [7, 11) is 0. The molecule has 0 aliphatic heterocycles. The first-order chi connectivity index (χ1) is 10.1. The van der Waals surface area contributed by atoms with E-state index >= 15 is 0 Å². The number of nitrogens with one attached hydrogen (secondary N) is 1. The topological polar surface area (TPSA) is 85.4 Å². The van der Waals surface area contributed by atoms with Crippen molar-refractivity contribution < 1.29 is 0 Å². The van der Waals surface area contributed by atoms with Crippen molar-refractivity contribution in [2.45, 2.75) is 26.8 Å². The molecule has 0 saturated heterocycles. The molecular weight excluding hydrogens is 262 g/mol. The Morgan fingerprint density at radius 1 is 1.05 bits per heavy atom. The van der Waals surface area contributed by atoms with Crippen molar-refractivity contribution in [3.8, 4) is 12.1 Å². The van der Waals surface area contributed by atoms with Crippen molar-refractivity contribution in [2.75, 3.05) is 5.32 Å². The van der Waals surface area contributed by atoms with E-state index in [0.29, 0.717) is 16.9 Å². The van der Waals surface area contributed by atoms with E-state index in [9.17, 15) is 5.26 Å². The Labute approximate surface area is 123 Å². The molecule has 5 heteroatoms. The highest BCUT2D eigenvalue weighted by Gasteiger charge is 2.13. The number of nitriles is 2. The summed E-state index contributed by atoms with van der Waals surface area (Å²) in [6.07, 6.45) is 0. The van der Waals surface area contributed by atoms with Gasteiger partial charge >= 0.3 is 0 Å².